The molecule has 1 aromatic rings. The molecule has 6 nitrogen and oxygen atoms in total. The number of nitrogens with zero attached hydrogens (tertiary/aromatic N) is 4. The molecule has 2 heterocycles. The monoisotopic (exact) mass is 279 g/mol. The molecule has 1 fully saturated rings. The number of hydrogen-bond donors (Lipinski definition) is 1. The quantitative estimate of drug-likeness (QED) is 0.801. The first kappa shape index (κ1) is 15.0. The van der Waals surface area contributed by atoms with Crippen LogP contribution in [0.5, 0.6) is 5.88 Å². The number of aromatic nitrogens is 2. The molecule has 2 rings (SSSR count). The van der Waals surface area contributed by atoms with Crippen LogP contribution in [0, 0.1) is 0 Å². The van der Waals surface area contributed by atoms with Crippen LogP contribution in [-0.4, -0.2) is 72.7 Å². The molecule has 0 radical (unpaired) electrons. The van der Waals surface area contributed by atoms with Gasteiger partial charge in [-0.25, -0.2) is 4.98 Å². The lowest BCUT2D eigenvalue weighted by Gasteiger charge is -2.32. The maximum atomic E-state index is 5.50. The van der Waals surface area contributed by atoms with Crippen LogP contribution in [0.25, 0.3) is 0 Å². The number of hydrogen-bond acceptors (Lipinski definition) is 6. The summed E-state index contributed by atoms with van der Waals surface area (Å²) in [6.07, 6.45) is 2.71. The highest BCUT2D eigenvalue weighted by Crippen LogP contribution is 2.08. The fourth-order valence-electron chi connectivity index (χ4n) is 2.11. The molecular formula is C14H25N5O. The molecule has 1 saturated heterocycles. The maximum absolute atomic E-state index is 5.50. The van der Waals surface area contributed by atoms with Crippen LogP contribution in [0.2, 0.25) is 0 Å². The number of nitrogens with one attached hydrogen (secondary N) is 1. The van der Waals surface area contributed by atoms with Crippen LogP contribution >= 0.6 is 0 Å². The molecule has 0 saturated carbocycles. The molecule has 1 aromatic heterocycles. The Morgan fingerprint density at radius 3 is 2.85 bits per heavy atom. The molecule has 0 unspecified atom stereocenters. The SMILES string of the molecule is CCCOc1ccnc(NCCN2CCN(C)CC2)n1. The number of rotatable bonds is 7. The number of ether oxygens (including phenoxy) is 1. The Kier molecular flexibility index (Phi) is 6.01. The molecule has 0 atom stereocenters. The summed E-state index contributed by atoms with van der Waals surface area (Å²) in [6.45, 7) is 9.23. The third-order valence-corrected chi connectivity index (χ3v) is 3.39. The van der Waals surface area contributed by atoms with Gasteiger partial charge in [-0.15, -0.1) is 0 Å². The highest BCUT2D eigenvalue weighted by Gasteiger charge is 2.12. The Balaban J connectivity index is 1.70. The van der Waals surface area contributed by atoms with Gasteiger partial charge in [-0.2, -0.15) is 4.98 Å². The van der Waals surface area contributed by atoms with Crippen molar-refractivity contribution in [1.82, 2.24) is 19.8 Å². The van der Waals surface area contributed by atoms with Gasteiger partial charge >= 0.3 is 0 Å². The van der Waals surface area contributed by atoms with Gasteiger partial charge in [0.15, 0.2) is 0 Å². The maximum Gasteiger partial charge on any atom is 0.225 e. The molecule has 112 valence electrons. The first-order valence-corrected chi connectivity index (χ1v) is 7.38. The molecule has 0 amide bonds. The summed E-state index contributed by atoms with van der Waals surface area (Å²) < 4.78 is 5.50. The zero-order valence-corrected chi connectivity index (χ0v) is 12.5. The van der Waals surface area contributed by atoms with E-state index in [1.165, 1.54) is 0 Å². The molecule has 6 heteroatoms. The zero-order chi connectivity index (χ0) is 14.2. The van der Waals surface area contributed by atoms with Crippen LogP contribution in [0.1, 0.15) is 13.3 Å². The fraction of sp³-hybridized carbons (Fsp3) is 0.714. The topological polar surface area (TPSA) is 53.5 Å². The van der Waals surface area contributed by atoms with E-state index in [0.29, 0.717) is 18.4 Å². The number of anilines is 1. The van der Waals surface area contributed by atoms with Crippen molar-refractivity contribution in [2.75, 3.05) is 58.2 Å². The van der Waals surface area contributed by atoms with Gasteiger partial charge in [-0.3, -0.25) is 4.90 Å². The average Bonchev–Trinajstić information content (AvgIpc) is 2.48. The summed E-state index contributed by atoms with van der Waals surface area (Å²) in [5.41, 5.74) is 0. The second-order valence-corrected chi connectivity index (χ2v) is 5.14. The molecule has 1 aliphatic heterocycles. The first-order chi connectivity index (χ1) is 9.78. The molecule has 0 aliphatic carbocycles. The van der Waals surface area contributed by atoms with Crippen molar-refractivity contribution in [1.29, 1.82) is 0 Å². The summed E-state index contributed by atoms with van der Waals surface area (Å²) in [5.74, 6) is 1.29. The van der Waals surface area contributed by atoms with Crippen molar-refractivity contribution >= 4 is 5.95 Å². The van der Waals surface area contributed by atoms with E-state index in [-0.39, 0.29) is 0 Å². The van der Waals surface area contributed by atoms with Crippen molar-refractivity contribution in [3.63, 3.8) is 0 Å². The number of likely N-dealkylation sites (N-methyl/N-ethyl adjacent to an activating group) is 1. The Hall–Kier alpha value is -1.40. The Morgan fingerprint density at radius 2 is 2.10 bits per heavy atom. The van der Waals surface area contributed by atoms with Gasteiger partial charge in [-0.1, -0.05) is 6.92 Å². The van der Waals surface area contributed by atoms with Crippen molar-refractivity contribution in [2.24, 2.45) is 0 Å². The van der Waals surface area contributed by atoms with Crippen LogP contribution < -0.4 is 10.1 Å². The van der Waals surface area contributed by atoms with E-state index in [9.17, 15) is 0 Å². The smallest absolute Gasteiger partial charge is 0.225 e. The summed E-state index contributed by atoms with van der Waals surface area (Å²) >= 11 is 0. The van der Waals surface area contributed by atoms with Crippen LogP contribution in [0.4, 0.5) is 5.95 Å². The Bertz CT molecular complexity index is 393. The van der Waals surface area contributed by atoms with Crippen molar-refractivity contribution < 1.29 is 4.74 Å². The molecule has 1 N–H and O–H groups in total. The third kappa shape index (κ3) is 4.94. The molecule has 20 heavy (non-hydrogen) atoms. The van der Waals surface area contributed by atoms with Crippen molar-refractivity contribution in [3.8, 4) is 5.88 Å². The molecular weight excluding hydrogens is 254 g/mol. The van der Waals surface area contributed by atoms with E-state index in [2.05, 4.69) is 39.1 Å². The van der Waals surface area contributed by atoms with Gasteiger partial charge in [0, 0.05) is 51.5 Å². The Labute approximate surface area is 121 Å². The van der Waals surface area contributed by atoms with E-state index in [4.69, 9.17) is 4.74 Å². The predicted octanol–water partition coefficient (Wildman–Crippen LogP) is 0.925. The normalized spacial score (nSPS) is 17.1. The largest absolute Gasteiger partial charge is 0.478 e. The minimum Gasteiger partial charge on any atom is -0.478 e. The minimum absolute atomic E-state index is 0.643. The highest BCUT2D eigenvalue weighted by molar-refractivity contribution is 5.27. The van der Waals surface area contributed by atoms with Gasteiger partial charge in [-0.05, 0) is 13.5 Å². The van der Waals surface area contributed by atoms with Gasteiger partial charge < -0.3 is 15.0 Å². The summed E-state index contributed by atoms with van der Waals surface area (Å²) in [6, 6.07) is 1.79. The first-order valence-electron chi connectivity index (χ1n) is 7.38. The summed E-state index contributed by atoms with van der Waals surface area (Å²) in [7, 11) is 2.17. The lowest BCUT2D eigenvalue weighted by molar-refractivity contribution is 0.158. The van der Waals surface area contributed by atoms with Crippen LogP contribution in [0.3, 0.4) is 0 Å². The average molecular weight is 279 g/mol. The zero-order valence-electron chi connectivity index (χ0n) is 12.5. The minimum atomic E-state index is 0.643. The standard InChI is InChI=1S/C14H25N5O/c1-3-12-20-13-4-5-15-14(17-13)16-6-7-19-10-8-18(2)9-11-19/h4-5H,3,6-12H2,1-2H3,(H,15,16,17). The van der Waals surface area contributed by atoms with E-state index < -0.39 is 0 Å². The lowest BCUT2D eigenvalue weighted by atomic mass is 10.3. The third-order valence-electron chi connectivity index (χ3n) is 3.39. The van der Waals surface area contributed by atoms with E-state index in [1.54, 1.807) is 12.3 Å². The van der Waals surface area contributed by atoms with Gasteiger partial charge in [0.05, 0.1) is 6.61 Å². The molecule has 0 aromatic carbocycles. The van der Waals surface area contributed by atoms with Gasteiger partial charge in [0.2, 0.25) is 11.8 Å². The van der Waals surface area contributed by atoms with Crippen LogP contribution in [-0.2, 0) is 0 Å². The molecule has 1 aliphatic rings. The highest BCUT2D eigenvalue weighted by atomic mass is 16.5. The lowest BCUT2D eigenvalue weighted by Crippen LogP contribution is -2.45. The molecule has 0 spiro atoms. The van der Waals surface area contributed by atoms with Gasteiger partial charge in [0.25, 0.3) is 0 Å². The van der Waals surface area contributed by atoms with Crippen molar-refractivity contribution in [2.45, 2.75) is 13.3 Å². The second kappa shape index (κ2) is 8.01. The summed E-state index contributed by atoms with van der Waals surface area (Å²) in [4.78, 5) is 13.4. The molecule has 0 bridgehead atoms. The van der Waals surface area contributed by atoms with Crippen LogP contribution in [0.15, 0.2) is 12.3 Å². The Morgan fingerprint density at radius 1 is 1.30 bits per heavy atom. The van der Waals surface area contributed by atoms with Gasteiger partial charge in [0.1, 0.15) is 0 Å². The van der Waals surface area contributed by atoms with E-state index >= 15 is 0 Å². The summed E-state index contributed by atoms with van der Waals surface area (Å²) in [5, 5.41) is 3.26. The second-order valence-electron chi connectivity index (χ2n) is 5.14. The van der Waals surface area contributed by atoms with Crippen molar-refractivity contribution in [3.05, 3.63) is 12.3 Å². The van der Waals surface area contributed by atoms with E-state index in [0.717, 1.165) is 45.7 Å². The van der Waals surface area contributed by atoms with E-state index in [1.807, 2.05) is 0 Å². The fourth-order valence-corrected chi connectivity index (χ4v) is 2.11. The number of piperazine rings is 1. The predicted molar refractivity (Wildman–Crippen MR) is 80.2 cm³/mol.